The van der Waals surface area contributed by atoms with E-state index in [4.69, 9.17) is 0 Å². The van der Waals surface area contributed by atoms with Crippen molar-refractivity contribution in [2.75, 3.05) is 0 Å². The highest BCUT2D eigenvalue weighted by molar-refractivity contribution is 7.94. The van der Waals surface area contributed by atoms with E-state index in [1.165, 1.54) is 5.41 Å². The summed E-state index contributed by atoms with van der Waals surface area (Å²) >= 11 is 0. The van der Waals surface area contributed by atoms with Crippen molar-refractivity contribution in [1.29, 1.82) is 0 Å². The molecule has 0 atom stereocenters. The number of benzene rings is 1. The van der Waals surface area contributed by atoms with Gasteiger partial charge in [-0.15, -0.1) is 0 Å². The van der Waals surface area contributed by atoms with E-state index in [1.807, 2.05) is 19.9 Å². The minimum Gasteiger partial charge on any atom is -0.219 e. The molecular formula is C10H10O2S. The highest BCUT2D eigenvalue weighted by Gasteiger charge is 2.21. The van der Waals surface area contributed by atoms with Crippen molar-refractivity contribution < 1.29 is 8.42 Å². The Bertz CT molecular complexity index is 496. The number of aryl methyl sites for hydroxylation is 1. The van der Waals surface area contributed by atoms with Gasteiger partial charge in [0, 0.05) is 5.41 Å². The first-order valence-corrected chi connectivity index (χ1v) is 5.60. The average Bonchev–Trinajstić information content (AvgIpc) is 2.35. The topological polar surface area (TPSA) is 34.1 Å². The van der Waals surface area contributed by atoms with Gasteiger partial charge in [0.25, 0.3) is 0 Å². The highest BCUT2D eigenvalue weighted by Crippen LogP contribution is 2.30. The average molecular weight is 194 g/mol. The van der Waals surface area contributed by atoms with Gasteiger partial charge in [0.05, 0.1) is 4.90 Å². The van der Waals surface area contributed by atoms with Gasteiger partial charge in [0.15, 0.2) is 9.84 Å². The summed E-state index contributed by atoms with van der Waals surface area (Å²) in [5.74, 6) is 0. The fourth-order valence-corrected chi connectivity index (χ4v) is 2.75. The molecule has 2 nitrogen and oxygen atoms in total. The van der Waals surface area contributed by atoms with Crippen LogP contribution in [0.25, 0.3) is 6.08 Å². The Morgan fingerprint density at radius 1 is 1.15 bits per heavy atom. The van der Waals surface area contributed by atoms with Crippen LogP contribution in [0.1, 0.15) is 16.7 Å². The van der Waals surface area contributed by atoms with Crippen LogP contribution in [0.4, 0.5) is 0 Å². The van der Waals surface area contributed by atoms with Gasteiger partial charge in [-0.2, -0.15) is 0 Å². The van der Waals surface area contributed by atoms with Crippen molar-refractivity contribution in [3.8, 4) is 0 Å². The first-order chi connectivity index (χ1) is 6.02. The van der Waals surface area contributed by atoms with E-state index < -0.39 is 9.84 Å². The van der Waals surface area contributed by atoms with Crippen LogP contribution in [0.3, 0.4) is 0 Å². The van der Waals surface area contributed by atoms with Crippen molar-refractivity contribution in [2.24, 2.45) is 0 Å². The minimum absolute atomic E-state index is 0.440. The van der Waals surface area contributed by atoms with Crippen LogP contribution in [0.2, 0.25) is 0 Å². The molecular weight excluding hydrogens is 184 g/mol. The van der Waals surface area contributed by atoms with Gasteiger partial charge in [0.1, 0.15) is 0 Å². The van der Waals surface area contributed by atoms with E-state index in [2.05, 4.69) is 0 Å². The molecule has 0 spiro atoms. The quantitative estimate of drug-likeness (QED) is 0.633. The van der Waals surface area contributed by atoms with Crippen LogP contribution in [-0.4, -0.2) is 8.42 Å². The van der Waals surface area contributed by atoms with Crippen LogP contribution < -0.4 is 0 Å². The molecule has 0 amide bonds. The molecule has 0 aliphatic carbocycles. The monoisotopic (exact) mass is 194 g/mol. The Morgan fingerprint density at radius 2 is 1.85 bits per heavy atom. The zero-order chi connectivity index (χ0) is 9.64. The summed E-state index contributed by atoms with van der Waals surface area (Å²) in [6, 6.07) is 3.52. The maximum Gasteiger partial charge on any atom is 0.200 e. The van der Waals surface area contributed by atoms with Gasteiger partial charge in [-0.25, -0.2) is 8.42 Å². The lowest BCUT2D eigenvalue weighted by atomic mass is 10.0. The normalized spacial score (nSPS) is 17.4. The second-order valence-corrected chi connectivity index (χ2v) is 5.07. The molecule has 1 aliphatic heterocycles. The predicted molar refractivity (Wildman–Crippen MR) is 52.1 cm³/mol. The third kappa shape index (κ3) is 1.11. The molecule has 0 N–H and O–H groups in total. The lowest BCUT2D eigenvalue weighted by Crippen LogP contribution is -1.95. The molecule has 0 saturated heterocycles. The minimum atomic E-state index is -3.13. The van der Waals surface area contributed by atoms with Gasteiger partial charge in [0.2, 0.25) is 0 Å². The first kappa shape index (κ1) is 8.51. The molecule has 0 aromatic heterocycles. The summed E-state index contributed by atoms with van der Waals surface area (Å²) in [5.41, 5.74) is 3.02. The molecule has 1 aromatic rings. The van der Waals surface area contributed by atoms with Crippen LogP contribution in [0.15, 0.2) is 22.4 Å². The predicted octanol–water partition coefficient (Wildman–Crippen LogP) is 2.06. The van der Waals surface area contributed by atoms with E-state index in [0.717, 1.165) is 16.7 Å². The second kappa shape index (κ2) is 2.45. The van der Waals surface area contributed by atoms with Crippen LogP contribution in [0.5, 0.6) is 0 Å². The standard InChI is InChI=1S/C10H10O2S/c1-7-3-4-10-9(8(7)2)5-6-13(10,11)12/h3-6H,1-2H3. The molecule has 13 heavy (non-hydrogen) atoms. The maximum atomic E-state index is 11.4. The van der Waals surface area contributed by atoms with Crippen LogP contribution in [-0.2, 0) is 9.84 Å². The van der Waals surface area contributed by atoms with Gasteiger partial charge in [-0.1, -0.05) is 6.07 Å². The number of fused-ring (bicyclic) bond motifs is 1. The summed E-state index contributed by atoms with van der Waals surface area (Å²) < 4.78 is 22.9. The summed E-state index contributed by atoms with van der Waals surface area (Å²) in [4.78, 5) is 0.440. The van der Waals surface area contributed by atoms with Gasteiger partial charge < -0.3 is 0 Å². The van der Waals surface area contributed by atoms with E-state index >= 15 is 0 Å². The Kier molecular flexibility index (Phi) is 1.60. The Balaban J connectivity index is 2.86. The fourth-order valence-electron chi connectivity index (χ4n) is 1.50. The molecule has 68 valence electrons. The van der Waals surface area contributed by atoms with E-state index in [0.29, 0.717) is 4.90 Å². The third-order valence-corrected chi connectivity index (χ3v) is 3.93. The first-order valence-electron chi connectivity index (χ1n) is 4.06. The molecule has 3 heteroatoms. The Morgan fingerprint density at radius 3 is 2.54 bits per heavy atom. The molecule has 0 saturated carbocycles. The molecule has 0 unspecified atom stereocenters. The van der Waals surface area contributed by atoms with E-state index in [-0.39, 0.29) is 0 Å². The van der Waals surface area contributed by atoms with Gasteiger partial charge in [-0.3, -0.25) is 0 Å². The van der Waals surface area contributed by atoms with Crippen molar-refractivity contribution in [3.05, 3.63) is 34.2 Å². The second-order valence-electron chi connectivity index (χ2n) is 3.27. The van der Waals surface area contributed by atoms with Gasteiger partial charge in [-0.05, 0) is 42.7 Å². The SMILES string of the molecule is Cc1ccc2c(c1C)C=CS2(=O)=O. The third-order valence-electron chi connectivity index (χ3n) is 2.47. The van der Waals surface area contributed by atoms with Crippen molar-refractivity contribution in [1.82, 2.24) is 0 Å². The highest BCUT2D eigenvalue weighted by atomic mass is 32.2. The summed E-state index contributed by atoms with van der Waals surface area (Å²) in [7, 11) is -3.13. The Hall–Kier alpha value is -1.09. The van der Waals surface area contributed by atoms with E-state index in [9.17, 15) is 8.42 Å². The van der Waals surface area contributed by atoms with Crippen molar-refractivity contribution in [2.45, 2.75) is 18.7 Å². The maximum absolute atomic E-state index is 11.4. The molecule has 0 bridgehead atoms. The zero-order valence-corrected chi connectivity index (χ0v) is 8.35. The van der Waals surface area contributed by atoms with Gasteiger partial charge >= 0.3 is 0 Å². The van der Waals surface area contributed by atoms with Crippen LogP contribution in [0, 0.1) is 13.8 Å². The van der Waals surface area contributed by atoms with Crippen LogP contribution >= 0.6 is 0 Å². The van der Waals surface area contributed by atoms with Crippen molar-refractivity contribution in [3.63, 3.8) is 0 Å². The lowest BCUT2D eigenvalue weighted by Gasteiger charge is -2.05. The fraction of sp³-hybridized carbons (Fsp3) is 0.200. The van der Waals surface area contributed by atoms with E-state index in [1.54, 1.807) is 12.1 Å². The Labute approximate surface area is 77.8 Å². The molecule has 0 fully saturated rings. The summed E-state index contributed by atoms with van der Waals surface area (Å²) in [6.07, 6.45) is 1.67. The number of sulfone groups is 1. The smallest absolute Gasteiger partial charge is 0.200 e. The largest absolute Gasteiger partial charge is 0.219 e. The lowest BCUT2D eigenvalue weighted by molar-refractivity contribution is 0.605. The molecule has 0 radical (unpaired) electrons. The number of hydrogen-bond acceptors (Lipinski definition) is 2. The number of hydrogen-bond donors (Lipinski definition) is 0. The molecule has 1 aromatic carbocycles. The molecule has 2 rings (SSSR count). The molecule has 1 aliphatic rings. The molecule has 1 heterocycles. The zero-order valence-electron chi connectivity index (χ0n) is 7.53. The summed E-state index contributed by atoms with van der Waals surface area (Å²) in [5, 5.41) is 1.27. The van der Waals surface area contributed by atoms with Crippen molar-refractivity contribution >= 4 is 15.9 Å². The summed E-state index contributed by atoms with van der Waals surface area (Å²) in [6.45, 7) is 3.92. The number of rotatable bonds is 0.